The zero-order chi connectivity index (χ0) is 19.1. The van der Waals surface area contributed by atoms with Crippen LogP contribution in [-0.4, -0.2) is 18.5 Å². The molecule has 138 valence electrons. The van der Waals surface area contributed by atoms with Crippen LogP contribution in [-0.2, 0) is 16.1 Å². The van der Waals surface area contributed by atoms with Crippen LogP contribution in [0.2, 0.25) is 0 Å². The molecule has 0 atom stereocenters. The molecule has 0 spiro atoms. The number of carbonyl (C=O) groups excluding carboxylic acids is 2. The van der Waals surface area contributed by atoms with Gasteiger partial charge in [0.25, 0.3) is 5.91 Å². The van der Waals surface area contributed by atoms with Gasteiger partial charge in [0.2, 0.25) is 0 Å². The molecule has 1 heterocycles. The van der Waals surface area contributed by atoms with Gasteiger partial charge in [-0.1, -0.05) is 0 Å². The molecular weight excluding hydrogens is 348 g/mol. The summed E-state index contributed by atoms with van der Waals surface area (Å²) >= 11 is 0. The first kappa shape index (κ1) is 19.2. The van der Waals surface area contributed by atoms with Gasteiger partial charge in [0.1, 0.15) is 18.2 Å². The predicted octanol–water partition coefficient (Wildman–Crippen LogP) is 3.33. The fourth-order valence-corrected chi connectivity index (χ4v) is 1.96. The number of allylic oxidation sites excluding steroid dienone is 1. The highest BCUT2D eigenvalue weighted by molar-refractivity contribution is 5.93. The first-order chi connectivity index (χ1) is 12.4. The molecule has 2 rings (SSSR count). The Balaban J connectivity index is 1.94. The van der Waals surface area contributed by atoms with Gasteiger partial charge >= 0.3 is 5.97 Å². The van der Waals surface area contributed by atoms with E-state index in [1.54, 1.807) is 6.92 Å². The van der Waals surface area contributed by atoms with Crippen molar-refractivity contribution in [3.8, 4) is 5.75 Å². The van der Waals surface area contributed by atoms with Gasteiger partial charge in [-0.3, -0.25) is 4.79 Å². The number of ether oxygens (including phenoxy) is 2. The maximum atomic E-state index is 13.5. The number of carbonyl (C=O) groups is 2. The highest BCUT2D eigenvalue weighted by atomic mass is 19.1. The van der Waals surface area contributed by atoms with Gasteiger partial charge in [0.15, 0.2) is 17.3 Å². The van der Waals surface area contributed by atoms with E-state index in [2.05, 4.69) is 5.32 Å². The van der Waals surface area contributed by atoms with Crippen LogP contribution in [0, 0.1) is 11.6 Å². The van der Waals surface area contributed by atoms with E-state index in [1.807, 2.05) is 0 Å². The number of halogens is 2. The molecule has 8 heteroatoms. The average Bonchev–Trinajstić information content (AvgIpc) is 3.03. The van der Waals surface area contributed by atoms with Crippen molar-refractivity contribution < 1.29 is 32.3 Å². The molecule has 0 aliphatic carbocycles. The molecule has 0 saturated carbocycles. The van der Waals surface area contributed by atoms with Crippen LogP contribution in [0.4, 0.5) is 8.78 Å². The van der Waals surface area contributed by atoms with Crippen molar-refractivity contribution in [3.05, 3.63) is 65.3 Å². The number of hydrogen-bond donors (Lipinski definition) is 1. The van der Waals surface area contributed by atoms with E-state index in [4.69, 9.17) is 13.9 Å². The minimum absolute atomic E-state index is 0.0141. The van der Waals surface area contributed by atoms with E-state index < -0.39 is 23.5 Å². The fraction of sp³-hybridized carbons (Fsp3) is 0.222. The van der Waals surface area contributed by atoms with E-state index in [0.29, 0.717) is 6.07 Å². The summed E-state index contributed by atoms with van der Waals surface area (Å²) in [6.45, 7) is 3.28. The van der Waals surface area contributed by atoms with E-state index in [1.165, 1.54) is 19.1 Å². The van der Waals surface area contributed by atoms with E-state index in [-0.39, 0.29) is 36.2 Å². The standard InChI is InChI=1S/C18H17F2NO5/c1-3-24-17(22)8-11(2)21-18(23)16-7-5-13(26-16)10-25-15-6-4-12(19)9-14(15)20/h4-9H,3,10H2,1-2H3,(H,21,23)/b11-8+. The molecule has 2 aromatic rings. The second-order valence-corrected chi connectivity index (χ2v) is 5.16. The van der Waals surface area contributed by atoms with Crippen LogP contribution in [0.1, 0.15) is 30.2 Å². The predicted molar refractivity (Wildman–Crippen MR) is 87.3 cm³/mol. The van der Waals surface area contributed by atoms with Crippen LogP contribution in [0.15, 0.2) is 46.5 Å². The van der Waals surface area contributed by atoms with Gasteiger partial charge in [-0.05, 0) is 38.1 Å². The topological polar surface area (TPSA) is 77.8 Å². The lowest BCUT2D eigenvalue weighted by atomic mass is 10.3. The van der Waals surface area contributed by atoms with E-state index >= 15 is 0 Å². The Bertz CT molecular complexity index is 829. The number of benzene rings is 1. The van der Waals surface area contributed by atoms with Crippen molar-refractivity contribution in [3.63, 3.8) is 0 Å². The quantitative estimate of drug-likeness (QED) is 0.602. The van der Waals surface area contributed by atoms with Crippen LogP contribution >= 0.6 is 0 Å². The summed E-state index contributed by atoms with van der Waals surface area (Å²) in [4.78, 5) is 23.3. The summed E-state index contributed by atoms with van der Waals surface area (Å²) in [6.07, 6.45) is 1.14. The molecule has 0 saturated heterocycles. The molecule has 0 radical (unpaired) electrons. The summed E-state index contributed by atoms with van der Waals surface area (Å²) in [6, 6.07) is 5.82. The molecule has 6 nitrogen and oxygen atoms in total. The number of furan rings is 1. The summed E-state index contributed by atoms with van der Waals surface area (Å²) in [5.41, 5.74) is 0.288. The molecule has 26 heavy (non-hydrogen) atoms. The zero-order valence-corrected chi connectivity index (χ0v) is 14.2. The van der Waals surface area contributed by atoms with Crippen LogP contribution < -0.4 is 10.1 Å². The third-order valence-electron chi connectivity index (χ3n) is 3.08. The van der Waals surface area contributed by atoms with Gasteiger partial charge in [0, 0.05) is 17.8 Å². The number of nitrogens with one attached hydrogen (secondary N) is 1. The lowest BCUT2D eigenvalue weighted by Gasteiger charge is -2.05. The maximum Gasteiger partial charge on any atom is 0.332 e. The van der Waals surface area contributed by atoms with Gasteiger partial charge in [-0.2, -0.15) is 0 Å². The molecule has 1 aromatic carbocycles. The van der Waals surface area contributed by atoms with Crippen molar-refractivity contribution >= 4 is 11.9 Å². The number of esters is 1. The second-order valence-electron chi connectivity index (χ2n) is 5.16. The SMILES string of the molecule is CCOC(=O)/C=C(\C)NC(=O)c1ccc(COc2ccc(F)cc2F)o1. The summed E-state index contributed by atoms with van der Waals surface area (Å²) < 4.78 is 41.6. The minimum Gasteiger partial charge on any atom is -0.483 e. The molecule has 1 aromatic heterocycles. The molecule has 1 amide bonds. The first-order valence-electron chi connectivity index (χ1n) is 7.72. The normalized spacial score (nSPS) is 11.2. The number of hydrogen-bond acceptors (Lipinski definition) is 5. The van der Waals surface area contributed by atoms with E-state index in [0.717, 1.165) is 18.2 Å². The lowest BCUT2D eigenvalue weighted by molar-refractivity contribution is -0.137. The Labute approximate surface area is 148 Å². The van der Waals surface area contributed by atoms with Gasteiger partial charge < -0.3 is 19.2 Å². The fourth-order valence-electron chi connectivity index (χ4n) is 1.96. The number of amides is 1. The van der Waals surface area contributed by atoms with Crippen LogP contribution in [0.5, 0.6) is 5.75 Å². The van der Waals surface area contributed by atoms with Crippen LogP contribution in [0.3, 0.4) is 0 Å². The monoisotopic (exact) mass is 365 g/mol. The third-order valence-corrected chi connectivity index (χ3v) is 3.08. The van der Waals surface area contributed by atoms with Crippen molar-refractivity contribution in [2.24, 2.45) is 0 Å². The molecule has 0 aliphatic rings. The Hall–Kier alpha value is -3.16. The Morgan fingerprint density at radius 3 is 2.69 bits per heavy atom. The van der Waals surface area contributed by atoms with Gasteiger partial charge in [0.05, 0.1) is 6.61 Å². The van der Waals surface area contributed by atoms with E-state index in [9.17, 15) is 18.4 Å². The largest absolute Gasteiger partial charge is 0.483 e. The van der Waals surface area contributed by atoms with Gasteiger partial charge in [-0.15, -0.1) is 0 Å². The van der Waals surface area contributed by atoms with Gasteiger partial charge in [-0.25, -0.2) is 13.6 Å². The smallest absolute Gasteiger partial charge is 0.332 e. The van der Waals surface area contributed by atoms with Crippen molar-refractivity contribution in [1.82, 2.24) is 5.32 Å². The number of rotatable bonds is 7. The second kappa shape index (κ2) is 8.80. The summed E-state index contributed by atoms with van der Waals surface area (Å²) in [5, 5.41) is 2.47. The summed E-state index contributed by atoms with van der Waals surface area (Å²) in [5.74, 6) is -2.57. The molecule has 1 N–H and O–H groups in total. The molecule has 0 aliphatic heterocycles. The summed E-state index contributed by atoms with van der Waals surface area (Å²) in [7, 11) is 0. The molecule has 0 fully saturated rings. The van der Waals surface area contributed by atoms with Crippen molar-refractivity contribution in [2.45, 2.75) is 20.5 Å². The maximum absolute atomic E-state index is 13.5. The highest BCUT2D eigenvalue weighted by Gasteiger charge is 2.13. The Kier molecular flexibility index (Phi) is 6.48. The van der Waals surface area contributed by atoms with Crippen molar-refractivity contribution in [2.75, 3.05) is 6.61 Å². The Morgan fingerprint density at radius 1 is 1.23 bits per heavy atom. The van der Waals surface area contributed by atoms with Crippen molar-refractivity contribution in [1.29, 1.82) is 0 Å². The third kappa shape index (κ3) is 5.44. The minimum atomic E-state index is -0.839. The van der Waals surface area contributed by atoms with Crippen LogP contribution in [0.25, 0.3) is 0 Å². The highest BCUT2D eigenvalue weighted by Crippen LogP contribution is 2.19. The zero-order valence-electron chi connectivity index (χ0n) is 14.2. The molecule has 0 unspecified atom stereocenters. The Morgan fingerprint density at radius 2 is 2.00 bits per heavy atom. The first-order valence-corrected chi connectivity index (χ1v) is 7.72. The average molecular weight is 365 g/mol. The lowest BCUT2D eigenvalue weighted by Crippen LogP contribution is -2.21. The molecular formula is C18H17F2NO5. The molecule has 0 bridgehead atoms.